The molecule has 5 nitrogen and oxygen atoms in total. The first-order valence-corrected chi connectivity index (χ1v) is 7.84. The number of hydrogen-bond donors (Lipinski definition) is 2. The lowest BCUT2D eigenvalue weighted by Crippen LogP contribution is -2.48. The van der Waals surface area contributed by atoms with Crippen LogP contribution in [0.25, 0.3) is 0 Å². The molecule has 100 valence electrons. The Bertz CT molecular complexity index is 365. The molecule has 1 heterocycles. The summed E-state index contributed by atoms with van der Waals surface area (Å²) < 4.78 is 22.7. The van der Waals surface area contributed by atoms with Gasteiger partial charge in [-0.1, -0.05) is 13.8 Å². The van der Waals surface area contributed by atoms with Gasteiger partial charge in [0.05, 0.1) is 17.5 Å². The molecule has 0 aromatic carbocycles. The van der Waals surface area contributed by atoms with E-state index in [1.807, 2.05) is 13.8 Å². The van der Waals surface area contributed by atoms with Gasteiger partial charge in [-0.25, -0.2) is 8.42 Å². The average Bonchev–Trinajstić information content (AvgIpc) is 2.55. The molecule has 17 heavy (non-hydrogen) atoms. The van der Waals surface area contributed by atoms with Crippen molar-refractivity contribution in [3.05, 3.63) is 0 Å². The molecule has 0 saturated carbocycles. The minimum Gasteiger partial charge on any atom is -0.358 e. The highest BCUT2D eigenvalue weighted by Crippen LogP contribution is 2.14. The fourth-order valence-electron chi connectivity index (χ4n) is 2.11. The molecule has 1 aliphatic heterocycles. The standard InChI is InChI=1S/C11H22N2O3S/c1-8(2)6-10(11(14)12-3)13-9-4-5-17(15,16)7-9/h8-10,13H,4-7H2,1-3H3,(H,12,14). The topological polar surface area (TPSA) is 75.3 Å². The van der Waals surface area contributed by atoms with Crippen molar-refractivity contribution in [2.75, 3.05) is 18.6 Å². The highest BCUT2D eigenvalue weighted by molar-refractivity contribution is 7.91. The number of nitrogens with one attached hydrogen (secondary N) is 2. The normalized spacial score (nSPS) is 24.8. The Morgan fingerprint density at radius 1 is 1.41 bits per heavy atom. The van der Waals surface area contributed by atoms with Crippen LogP contribution in [0.4, 0.5) is 0 Å². The maximum atomic E-state index is 11.7. The van der Waals surface area contributed by atoms with Gasteiger partial charge in [-0.05, 0) is 18.8 Å². The van der Waals surface area contributed by atoms with E-state index in [0.29, 0.717) is 12.3 Å². The minimum atomic E-state index is -2.90. The lowest BCUT2D eigenvalue weighted by Gasteiger charge is -2.22. The van der Waals surface area contributed by atoms with Crippen molar-refractivity contribution in [1.29, 1.82) is 0 Å². The maximum Gasteiger partial charge on any atom is 0.236 e. The van der Waals surface area contributed by atoms with E-state index in [0.717, 1.165) is 6.42 Å². The van der Waals surface area contributed by atoms with E-state index in [9.17, 15) is 13.2 Å². The van der Waals surface area contributed by atoms with Crippen LogP contribution in [0.5, 0.6) is 0 Å². The summed E-state index contributed by atoms with van der Waals surface area (Å²) in [6, 6.07) is -0.376. The molecular formula is C11H22N2O3S. The fourth-order valence-corrected chi connectivity index (χ4v) is 3.79. The predicted molar refractivity (Wildman–Crippen MR) is 67.5 cm³/mol. The van der Waals surface area contributed by atoms with Gasteiger partial charge in [-0.15, -0.1) is 0 Å². The molecular weight excluding hydrogens is 240 g/mol. The first-order valence-electron chi connectivity index (χ1n) is 6.02. The number of hydrogen-bond acceptors (Lipinski definition) is 4. The summed E-state index contributed by atoms with van der Waals surface area (Å²) in [5.41, 5.74) is 0. The molecule has 1 rings (SSSR count). The number of likely N-dealkylation sites (N-methyl/N-ethyl adjacent to an activating group) is 1. The van der Waals surface area contributed by atoms with E-state index < -0.39 is 9.84 Å². The molecule has 0 spiro atoms. The highest BCUT2D eigenvalue weighted by Gasteiger charge is 2.31. The van der Waals surface area contributed by atoms with Crippen molar-refractivity contribution in [1.82, 2.24) is 10.6 Å². The highest BCUT2D eigenvalue weighted by atomic mass is 32.2. The minimum absolute atomic E-state index is 0.0667. The number of carbonyl (C=O) groups is 1. The second-order valence-electron chi connectivity index (χ2n) is 5.06. The summed E-state index contributed by atoms with van der Waals surface area (Å²) in [5.74, 6) is 0.705. The van der Waals surface area contributed by atoms with Crippen LogP contribution < -0.4 is 10.6 Å². The molecule has 1 fully saturated rings. The monoisotopic (exact) mass is 262 g/mol. The Morgan fingerprint density at radius 2 is 2.06 bits per heavy atom. The van der Waals surface area contributed by atoms with E-state index in [1.165, 1.54) is 0 Å². The quantitative estimate of drug-likeness (QED) is 0.727. The smallest absolute Gasteiger partial charge is 0.236 e. The third-order valence-corrected chi connectivity index (χ3v) is 4.71. The Morgan fingerprint density at radius 3 is 2.47 bits per heavy atom. The molecule has 0 aromatic rings. The summed E-state index contributed by atoms with van der Waals surface area (Å²) in [4.78, 5) is 11.7. The fraction of sp³-hybridized carbons (Fsp3) is 0.909. The summed E-state index contributed by atoms with van der Waals surface area (Å²) in [5, 5.41) is 5.78. The molecule has 0 bridgehead atoms. The Hall–Kier alpha value is -0.620. The van der Waals surface area contributed by atoms with Crippen LogP contribution in [-0.4, -0.2) is 45.0 Å². The zero-order valence-corrected chi connectivity index (χ0v) is 11.5. The first-order chi connectivity index (χ1) is 7.84. The molecule has 1 amide bonds. The van der Waals surface area contributed by atoms with Crippen LogP contribution in [0.2, 0.25) is 0 Å². The van der Waals surface area contributed by atoms with Crippen LogP contribution in [0.1, 0.15) is 26.7 Å². The summed E-state index contributed by atoms with van der Waals surface area (Å²) >= 11 is 0. The van der Waals surface area contributed by atoms with Crippen LogP contribution in [0.15, 0.2) is 0 Å². The molecule has 0 radical (unpaired) electrons. The third kappa shape index (κ3) is 4.63. The summed E-state index contributed by atoms with van der Waals surface area (Å²) in [6.07, 6.45) is 1.32. The first kappa shape index (κ1) is 14.4. The van der Waals surface area contributed by atoms with Gasteiger partial charge < -0.3 is 10.6 Å². The molecule has 1 aliphatic rings. The Kier molecular flexibility index (Phi) is 4.94. The van der Waals surface area contributed by atoms with Crippen molar-refractivity contribution in [2.45, 2.75) is 38.8 Å². The zero-order valence-electron chi connectivity index (χ0n) is 10.7. The van der Waals surface area contributed by atoms with Crippen LogP contribution in [0.3, 0.4) is 0 Å². The van der Waals surface area contributed by atoms with Gasteiger partial charge in [-0.2, -0.15) is 0 Å². The van der Waals surface area contributed by atoms with Gasteiger partial charge >= 0.3 is 0 Å². The molecule has 2 unspecified atom stereocenters. The lowest BCUT2D eigenvalue weighted by atomic mass is 10.0. The van der Waals surface area contributed by atoms with Gasteiger partial charge in [0.2, 0.25) is 5.91 Å². The number of carbonyl (C=O) groups excluding carboxylic acids is 1. The number of rotatable bonds is 5. The van der Waals surface area contributed by atoms with Crippen LogP contribution in [0, 0.1) is 5.92 Å². The van der Waals surface area contributed by atoms with E-state index in [-0.39, 0.29) is 29.5 Å². The van der Waals surface area contributed by atoms with Crippen LogP contribution >= 0.6 is 0 Å². The second kappa shape index (κ2) is 5.82. The second-order valence-corrected chi connectivity index (χ2v) is 7.29. The zero-order chi connectivity index (χ0) is 13.1. The average molecular weight is 262 g/mol. The SMILES string of the molecule is CNC(=O)C(CC(C)C)NC1CCS(=O)(=O)C1. The molecule has 1 saturated heterocycles. The largest absolute Gasteiger partial charge is 0.358 e. The van der Waals surface area contributed by atoms with E-state index in [2.05, 4.69) is 10.6 Å². The third-order valence-electron chi connectivity index (χ3n) is 2.94. The van der Waals surface area contributed by atoms with Gasteiger partial charge in [0.15, 0.2) is 9.84 Å². The van der Waals surface area contributed by atoms with Crippen molar-refractivity contribution >= 4 is 15.7 Å². The van der Waals surface area contributed by atoms with Crippen molar-refractivity contribution in [2.24, 2.45) is 5.92 Å². The molecule has 0 aliphatic carbocycles. The molecule has 6 heteroatoms. The molecule has 2 N–H and O–H groups in total. The van der Waals surface area contributed by atoms with Gasteiger partial charge in [0, 0.05) is 13.1 Å². The summed E-state index contributed by atoms with van der Waals surface area (Å²) in [6.45, 7) is 4.09. The lowest BCUT2D eigenvalue weighted by molar-refractivity contribution is -0.123. The van der Waals surface area contributed by atoms with Gasteiger partial charge in [-0.3, -0.25) is 4.79 Å². The van der Waals surface area contributed by atoms with Gasteiger partial charge in [0.1, 0.15) is 0 Å². The van der Waals surface area contributed by atoms with E-state index >= 15 is 0 Å². The van der Waals surface area contributed by atoms with Crippen molar-refractivity contribution in [3.8, 4) is 0 Å². The maximum absolute atomic E-state index is 11.7. The summed E-state index contributed by atoms with van der Waals surface area (Å²) in [7, 11) is -1.30. The Balaban J connectivity index is 2.58. The van der Waals surface area contributed by atoms with Crippen molar-refractivity contribution < 1.29 is 13.2 Å². The predicted octanol–water partition coefficient (Wildman–Crippen LogP) is -0.0762. The van der Waals surface area contributed by atoms with Crippen molar-refractivity contribution in [3.63, 3.8) is 0 Å². The number of sulfone groups is 1. The van der Waals surface area contributed by atoms with E-state index in [1.54, 1.807) is 7.05 Å². The molecule has 0 aromatic heterocycles. The Labute approximate surface area is 103 Å². The number of amides is 1. The van der Waals surface area contributed by atoms with E-state index in [4.69, 9.17) is 0 Å². The van der Waals surface area contributed by atoms with Gasteiger partial charge in [0.25, 0.3) is 0 Å². The molecule has 2 atom stereocenters. The van der Waals surface area contributed by atoms with Crippen LogP contribution in [-0.2, 0) is 14.6 Å².